The lowest BCUT2D eigenvalue weighted by molar-refractivity contribution is -0.137. The second-order valence-corrected chi connectivity index (χ2v) is 7.54. The third kappa shape index (κ3) is 3.21. The molecule has 4 atom stereocenters. The molecule has 1 fully saturated rings. The van der Waals surface area contributed by atoms with Crippen LogP contribution in [-0.2, 0) is 15.7 Å². The zero-order valence-corrected chi connectivity index (χ0v) is 14.4. The van der Waals surface area contributed by atoms with E-state index in [1.54, 1.807) is 6.08 Å². The largest absolute Gasteiger partial charge is 0.478 e. The summed E-state index contributed by atoms with van der Waals surface area (Å²) in [5, 5.41) is 9.54. The summed E-state index contributed by atoms with van der Waals surface area (Å²) in [5.74, 6) is -2.29. The van der Waals surface area contributed by atoms with Gasteiger partial charge in [-0.3, -0.25) is 10.5 Å². The number of carbonyl (C=O) groups excluding carboxylic acids is 1. The van der Waals surface area contributed by atoms with Crippen LogP contribution in [-0.4, -0.2) is 12.0 Å². The van der Waals surface area contributed by atoms with E-state index < -0.39 is 41.1 Å². The second kappa shape index (κ2) is 6.13. The Morgan fingerprint density at radius 1 is 1.35 bits per heavy atom. The van der Waals surface area contributed by atoms with Crippen LogP contribution in [0.1, 0.15) is 37.3 Å². The first-order valence-corrected chi connectivity index (χ1v) is 8.28. The smallest absolute Gasteiger partial charge is 0.416 e. The molecule has 1 aliphatic heterocycles. The Kier molecular flexibility index (Phi) is 4.35. The Hall–Kier alpha value is -2.33. The fraction of sp³-hybridized carbons (Fsp3) is 0.474. The molecule has 0 amide bonds. The molecule has 0 bridgehead atoms. The van der Waals surface area contributed by atoms with Crippen molar-refractivity contribution in [1.29, 1.82) is 5.26 Å². The maximum Gasteiger partial charge on any atom is 0.416 e. The Bertz CT molecular complexity index is 808. The van der Waals surface area contributed by atoms with E-state index in [2.05, 4.69) is 0 Å². The van der Waals surface area contributed by atoms with Crippen molar-refractivity contribution in [2.24, 2.45) is 23.0 Å². The quantitative estimate of drug-likeness (QED) is 0.824. The van der Waals surface area contributed by atoms with Crippen molar-refractivity contribution >= 4 is 5.78 Å². The second-order valence-electron chi connectivity index (χ2n) is 7.54. The molecule has 2 aliphatic rings. The number of fused-ring (bicyclic) bond motifs is 1. The molecule has 4 nitrogen and oxygen atoms in total. The van der Waals surface area contributed by atoms with Gasteiger partial charge in [-0.25, -0.2) is 0 Å². The molecule has 1 aliphatic carbocycles. The predicted molar refractivity (Wildman–Crippen MR) is 87.3 cm³/mol. The Morgan fingerprint density at radius 3 is 2.65 bits per heavy atom. The third-order valence-electron chi connectivity index (χ3n) is 4.94. The number of nitriles is 1. The molecule has 1 heterocycles. The first kappa shape index (κ1) is 18.5. The highest BCUT2D eigenvalue weighted by molar-refractivity contribution is 5.87. The Balaban J connectivity index is 2.13. The number of carbonyl (C=O) groups is 1. The molecule has 2 N–H and O–H groups in total. The normalized spacial score (nSPS) is 30.7. The van der Waals surface area contributed by atoms with Crippen LogP contribution in [0.5, 0.6) is 0 Å². The molecule has 1 saturated heterocycles. The fourth-order valence-corrected chi connectivity index (χ4v) is 3.85. The SMILES string of the molecule is CC1(C)C=C2OC(N)C(C#N)C(c3cccc(C(F)(F)F)c3)C2C(=O)C1. The van der Waals surface area contributed by atoms with Gasteiger partial charge in [-0.1, -0.05) is 32.0 Å². The van der Waals surface area contributed by atoms with E-state index in [0.717, 1.165) is 12.1 Å². The molecule has 26 heavy (non-hydrogen) atoms. The number of nitrogens with zero attached hydrogens (tertiary/aromatic N) is 1. The van der Waals surface area contributed by atoms with E-state index >= 15 is 0 Å². The molecule has 0 saturated carbocycles. The zero-order chi connectivity index (χ0) is 19.3. The lowest BCUT2D eigenvalue weighted by Crippen LogP contribution is -2.48. The number of alkyl halides is 3. The molecule has 7 heteroatoms. The van der Waals surface area contributed by atoms with Crippen LogP contribution < -0.4 is 5.73 Å². The number of halogens is 3. The molecule has 1 aromatic rings. The van der Waals surface area contributed by atoms with Gasteiger partial charge in [-0.05, 0) is 23.1 Å². The summed E-state index contributed by atoms with van der Waals surface area (Å²) >= 11 is 0. The van der Waals surface area contributed by atoms with Crippen LogP contribution >= 0.6 is 0 Å². The van der Waals surface area contributed by atoms with Gasteiger partial charge in [0.2, 0.25) is 0 Å². The molecule has 0 spiro atoms. The summed E-state index contributed by atoms with van der Waals surface area (Å²) in [6.07, 6.45) is -3.49. The van der Waals surface area contributed by atoms with Gasteiger partial charge in [0.05, 0.1) is 17.6 Å². The molecule has 0 radical (unpaired) electrons. The lowest BCUT2D eigenvalue weighted by Gasteiger charge is -2.44. The number of nitrogens with two attached hydrogens (primary N) is 1. The van der Waals surface area contributed by atoms with E-state index in [-0.39, 0.29) is 17.8 Å². The monoisotopic (exact) mass is 364 g/mol. The molecule has 4 unspecified atom stereocenters. The van der Waals surface area contributed by atoms with Gasteiger partial charge in [-0.15, -0.1) is 0 Å². The van der Waals surface area contributed by atoms with Crippen molar-refractivity contribution in [3.63, 3.8) is 0 Å². The number of ketones is 1. The lowest BCUT2D eigenvalue weighted by atomic mass is 9.66. The summed E-state index contributed by atoms with van der Waals surface area (Å²) in [7, 11) is 0. The Labute approximate surface area is 149 Å². The van der Waals surface area contributed by atoms with E-state index in [4.69, 9.17) is 10.5 Å². The average molecular weight is 364 g/mol. The van der Waals surface area contributed by atoms with Crippen molar-refractivity contribution in [3.05, 3.63) is 47.2 Å². The summed E-state index contributed by atoms with van der Waals surface area (Å²) < 4.78 is 45.0. The highest BCUT2D eigenvalue weighted by Gasteiger charge is 2.50. The highest BCUT2D eigenvalue weighted by atomic mass is 19.4. The van der Waals surface area contributed by atoms with Crippen molar-refractivity contribution in [1.82, 2.24) is 0 Å². The maximum atomic E-state index is 13.1. The van der Waals surface area contributed by atoms with E-state index in [0.29, 0.717) is 5.76 Å². The van der Waals surface area contributed by atoms with E-state index in [1.165, 1.54) is 12.1 Å². The van der Waals surface area contributed by atoms with Gasteiger partial charge in [0.1, 0.15) is 17.5 Å². The van der Waals surface area contributed by atoms with Gasteiger partial charge in [-0.2, -0.15) is 18.4 Å². The summed E-state index contributed by atoms with van der Waals surface area (Å²) in [6, 6.07) is 6.78. The number of hydrogen-bond donors (Lipinski definition) is 1. The molecule has 0 aromatic heterocycles. The van der Waals surface area contributed by atoms with Gasteiger partial charge in [0.25, 0.3) is 0 Å². The van der Waals surface area contributed by atoms with Crippen LogP contribution in [0.25, 0.3) is 0 Å². The predicted octanol–water partition coefficient (Wildman–Crippen LogP) is 3.74. The molecular weight excluding hydrogens is 345 g/mol. The maximum absolute atomic E-state index is 13.1. The van der Waals surface area contributed by atoms with Crippen molar-refractivity contribution < 1.29 is 22.7 Å². The standard InChI is InChI=1S/C19H19F3N2O2/c1-18(2)7-13(25)16-14(8-18)26-17(24)12(9-23)15(16)10-4-3-5-11(6-10)19(20,21)22/h3-6,8,12,15-17H,7,24H2,1-2H3. The summed E-state index contributed by atoms with van der Waals surface area (Å²) in [6.45, 7) is 3.75. The molecule has 1 aromatic carbocycles. The number of rotatable bonds is 1. The zero-order valence-electron chi connectivity index (χ0n) is 14.4. The average Bonchev–Trinajstić information content (AvgIpc) is 2.51. The van der Waals surface area contributed by atoms with Gasteiger partial charge < -0.3 is 4.74 Å². The first-order valence-electron chi connectivity index (χ1n) is 8.28. The summed E-state index contributed by atoms with van der Waals surface area (Å²) in [4.78, 5) is 12.8. The molecular formula is C19H19F3N2O2. The van der Waals surface area contributed by atoms with Crippen LogP contribution in [0.4, 0.5) is 13.2 Å². The number of benzene rings is 1. The van der Waals surface area contributed by atoms with Gasteiger partial charge >= 0.3 is 6.18 Å². The van der Waals surface area contributed by atoms with Gasteiger partial charge in [0.15, 0.2) is 6.23 Å². The minimum absolute atomic E-state index is 0.151. The summed E-state index contributed by atoms with van der Waals surface area (Å²) in [5.41, 5.74) is 4.99. The highest BCUT2D eigenvalue weighted by Crippen LogP contribution is 2.49. The number of hydrogen-bond acceptors (Lipinski definition) is 4. The topological polar surface area (TPSA) is 76.1 Å². The molecule has 3 rings (SSSR count). The number of ether oxygens (including phenoxy) is 1. The number of Topliss-reactive ketones (excluding diaryl/α,β-unsaturated/α-hetero) is 1. The number of allylic oxidation sites excluding steroid dienone is 2. The minimum Gasteiger partial charge on any atom is -0.478 e. The van der Waals surface area contributed by atoms with Crippen LogP contribution in [0, 0.1) is 28.6 Å². The van der Waals surface area contributed by atoms with Crippen molar-refractivity contribution in [2.45, 2.75) is 38.6 Å². The third-order valence-corrected chi connectivity index (χ3v) is 4.94. The Morgan fingerprint density at radius 2 is 2.04 bits per heavy atom. The van der Waals surface area contributed by atoms with Gasteiger partial charge in [0, 0.05) is 12.3 Å². The van der Waals surface area contributed by atoms with Crippen molar-refractivity contribution in [2.75, 3.05) is 0 Å². The van der Waals surface area contributed by atoms with E-state index in [1.807, 2.05) is 19.9 Å². The van der Waals surface area contributed by atoms with Crippen LogP contribution in [0.3, 0.4) is 0 Å². The van der Waals surface area contributed by atoms with Crippen LogP contribution in [0.15, 0.2) is 36.1 Å². The van der Waals surface area contributed by atoms with Crippen molar-refractivity contribution in [3.8, 4) is 6.07 Å². The fourth-order valence-electron chi connectivity index (χ4n) is 3.85. The van der Waals surface area contributed by atoms with E-state index in [9.17, 15) is 23.2 Å². The molecule has 138 valence electrons. The minimum atomic E-state index is -4.51. The first-order chi connectivity index (χ1) is 12.0. The van der Waals surface area contributed by atoms with Crippen LogP contribution in [0.2, 0.25) is 0 Å².